The summed E-state index contributed by atoms with van der Waals surface area (Å²) in [6.07, 6.45) is 0.396. The molecular formula is C22H19BrN4O2S. The first-order chi connectivity index (χ1) is 14.5. The van der Waals surface area contributed by atoms with E-state index in [0.29, 0.717) is 18.8 Å². The van der Waals surface area contributed by atoms with Crippen LogP contribution in [0.2, 0.25) is 0 Å². The molecule has 3 heterocycles. The molecule has 4 aromatic rings. The van der Waals surface area contributed by atoms with Gasteiger partial charge in [-0.2, -0.15) is 9.78 Å². The standard InChI is InChI=1S/C22H19BrN4O2S/c1-3-29-15-7-8-17-18(10-15)30-22(24-17)27-21-20(12(2)26-27)16(11-19(28)25-21)13-5-4-6-14(23)9-13/h4-10,16H,3,11H2,1-2H3,(H,25,28). The second-order valence-corrected chi connectivity index (χ2v) is 9.10. The Balaban J connectivity index is 1.63. The Morgan fingerprint density at radius 1 is 1.30 bits per heavy atom. The molecule has 5 rings (SSSR count). The molecule has 8 heteroatoms. The molecule has 2 aromatic heterocycles. The first kappa shape index (κ1) is 19.3. The lowest BCUT2D eigenvalue weighted by atomic mass is 9.86. The number of amides is 1. The number of aromatic nitrogens is 3. The van der Waals surface area contributed by atoms with Crippen LogP contribution >= 0.6 is 27.3 Å². The highest BCUT2D eigenvalue weighted by atomic mass is 79.9. The number of carbonyl (C=O) groups excluding carboxylic acids is 1. The number of rotatable bonds is 4. The van der Waals surface area contributed by atoms with Gasteiger partial charge in [-0.3, -0.25) is 4.79 Å². The van der Waals surface area contributed by atoms with Crippen LogP contribution in [0.5, 0.6) is 5.75 Å². The number of anilines is 1. The minimum atomic E-state index is -0.0427. The summed E-state index contributed by atoms with van der Waals surface area (Å²) in [7, 11) is 0. The van der Waals surface area contributed by atoms with Gasteiger partial charge in [-0.25, -0.2) is 4.98 Å². The van der Waals surface area contributed by atoms with Gasteiger partial charge in [-0.15, -0.1) is 0 Å². The fourth-order valence-electron chi connectivity index (χ4n) is 3.93. The molecule has 6 nitrogen and oxygen atoms in total. The van der Waals surface area contributed by atoms with Gasteiger partial charge in [0.05, 0.1) is 22.5 Å². The van der Waals surface area contributed by atoms with Crippen molar-refractivity contribution in [3.8, 4) is 10.9 Å². The highest BCUT2D eigenvalue weighted by molar-refractivity contribution is 9.10. The third-order valence-electron chi connectivity index (χ3n) is 5.19. The molecule has 0 aliphatic carbocycles. The summed E-state index contributed by atoms with van der Waals surface area (Å²) in [5.74, 6) is 1.46. The quantitative estimate of drug-likeness (QED) is 0.421. The summed E-state index contributed by atoms with van der Waals surface area (Å²) in [5, 5.41) is 8.51. The van der Waals surface area contributed by atoms with Gasteiger partial charge in [-0.05, 0) is 49.7 Å². The Bertz CT molecular complexity index is 1280. The number of halogens is 1. The summed E-state index contributed by atoms with van der Waals surface area (Å²) in [4.78, 5) is 17.3. The second kappa shape index (κ2) is 7.52. The Morgan fingerprint density at radius 2 is 2.17 bits per heavy atom. The van der Waals surface area contributed by atoms with Crippen LogP contribution in [-0.4, -0.2) is 27.3 Å². The molecular weight excluding hydrogens is 464 g/mol. The minimum Gasteiger partial charge on any atom is -0.494 e. The van der Waals surface area contributed by atoms with E-state index < -0.39 is 0 Å². The predicted molar refractivity (Wildman–Crippen MR) is 122 cm³/mol. The lowest BCUT2D eigenvalue weighted by Gasteiger charge is -2.24. The first-order valence-corrected chi connectivity index (χ1v) is 11.3. The van der Waals surface area contributed by atoms with E-state index in [1.54, 1.807) is 4.68 Å². The Kier molecular flexibility index (Phi) is 4.83. The molecule has 0 fully saturated rings. The normalized spacial score (nSPS) is 15.8. The maximum absolute atomic E-state index is 12.6. The summed E-state index contributed by atoms with van der Waals surface area (Å²) in [5.41, 5.74) is 3.91. The number of benzene rings is 2. The Hall–Kier alpha value is -2.71. The maximum atomic E-state index is 12.6. The van der Waals surface area contributed by atoms with E-state index in [0.717, 1.165) is 42.4 Å². The van der Waals surface area contributed by atoms with Crippen LogP contribution < -0.4 is 10.1 Å². The molecule has 1 aliphatic heterocycles. The van der Waals surface area contributed by atoms with Crippen molar-refractivity contribution in [2.45, 2.75) is 26.2 Å². The van der Waals surface area contributed by atoms with Crippen LogP contribution in [0.4, 0.5) is 5.82 Å². The maximum Gasteiger partial charge on any atom is 0.226 e. The average molecular weight is 483 g/mol. The van der Waals surface area contributed by atoms with Gasteiger partial charge in [0.2, 0.25) is 11.0 Å². The molecule has 1 aliphatic rings. The Labute approximate surface area is 186 Å². The van der Waals surface area contributed by atoms with Crippen LogP contribution in [0.1, 0.15) is 36.1 Å². The van der Waals surface area contributed by atoms with E-state index >= 15 is 0 Å². The SMILES string of the molecule is CCOc1ccc2nc(-n3nc(C)c4c3NC(=O)CC4c3cccc(Br)c3)sc2c1. The minimum absolute atomic E-state index is 0.0200. The fourth-order valence-corrected chi connectivity index (χ4v) is 5.30. The number of fused-ring (bicyclic) bond motifs is 2. The van der Waals surface area contributed by atoms with Crippen LogP contribution in [-0.2, 0) is 4.79 Å². The van der Waals surface area contributed by atoms with Gasteiger partial charge in [0.25, 0.3) is 0 Å². The highest BCUT2D eigenvalue weighted by Gasteiger charge is 2.33. The van der Waals surface area contributed by atoms with Crippen LogP contribution in [0.25, 0.3) is 15.3 Å². The van der Waals surface area contributed by atoms with E-state index in [9.17, 15) is 4.79 Å². The van der Waals surface area contributed by atoms with E-state index in [-0.39, 0.29) is 11.8 Å². The number of hydrogen-bond acceptors (Lipinski definition) is 5. The zero-order valence-corrected chi connectivity index (χ0v) is 18.9. The van der Waals surface area contributed by atoms with Gasteiger partial charge < -0.3 is 10.1 Å². The summed E-state index contributed by atoms with van der Waals surface area (Å²) in [6.45, 7) is 4.57. The topological polar surface area (TPSA) is 69.0 Å². The molecule has 0 bridgehead atoms. The number of ether oxygens (including phenoxy) is 1. The van der Waals surface area contributed by atoms with Crippen molar-refractivity contribution >= 4 is 49.2 Å². The van der Waals surface area contributed by atoms with Crippen LogP contribution in [0.3, 0.4) is 0 Å². The number of nitrogens with one attached hydrogen (secondary N) is 1. The van der Waals surface area contributed by atoms with E-state index in [1.807, 2.05) is 44.2 Å². The molecule has 0 spiro atoms. The molecule has 1 N–H and O–H groups in total. The van der Waals surface area contributed by atoms with Crippen molar-refractivity contribution in [2.75, 3.05) is 11.9 Å². The van der Waals surface area contributed by atoms with E-state index in [1.165, 1.54) is 11.3 Å². The lowest BCUT2D eigenvalue weighted by Crippen LogP contribution is -2.24. The largest absolute Gasteiger partial charge is 0.494 e. The van der Waals surface area contributed by atoms with Crippen molar-refractivity contribution in [2.24, 2.45) is 0 Å². The molecule has 2 aromatic carbocycles. The Morgan fingerprint density at radius 3 is 2.97 bits per heavy atom. The second-order valence-electron chi connectivity index (χ2n) is 7.18. The van der Waals surface area contributed by atoms with Crippen molar-refractivity contribution in [3.63, 3.8) is 0 Å². The van der Waals surface area contributed by atoms with E-state index in [4.69, 9.17) is 14.8 Å². The summed E-state index contributed by atoms with van der Waals surface area (Å²) in [6, 6.07) is 14.0. The first-order valence-electron chi connectivity index (χ1n) is 9.72. The molecule has 0 radical (unpaired) electrons. The highest BCUT2D eigenvalue weighted by Crippen LogP contribution is 2.41. The third-order valence-corrected chi connectivity index (χ3v) is 6.68. The molecule has 1 amide bonds. The summed E-state index contributed by atoms with van der Waals surface area (Å²) < 4.78 is 9.38. The molecule has 1 atom stereocenters. The van der Waals surface area contributed by atoms with Crippen molar-refractivity contribution in [1.29, 1.82) is 0 Å². The summed E-state index contributed by atoms with van der Waals surface area (Å²) >= 11 is 5.07. The van der Waals surface area contributed by atoms with E-state index in [2.05, 4.69) is 33.4 Å². The molecule has 0 saturated heterocycles. The smallest absolute Gasteiger partial charge is 0.226 e. The van der Waals surface area contributed by atoms with Crippen molar-refractivity contribution in [1.82, 2.24) is 14.8 Å². The van der Waals surface area contributed by atoms with Gasteiger partial charge >= 0.3 is 0 Å². The van der Waals surface area contributed by atoms with Crippen LogP contribution in [0, 0.1) is 6.92 Å². The number of carbonyl (C=O) groups is 1. The van der Waals surface area contributed by atoms with Gasteiger partial charge in [0.1, 0.15) is 11.6 Å². The van der Waals surface area contributed by atoms with Crippen LogP contribution in [0.15, 0.2) is 46.9 Å². The van der Waals surface area contributed by atoms with Gasteiger partial charge in [0, 0.05) is 22.4 Å². The van der Waals surface area contributed by atoms with Crippen molar-refractivity contribution in [3.05, 3.63) is 63.8 Å². The lowest BCUT2D eigenvalue weighted by molar-refractivity contribution is -0.116. The number of nitrogens with zero attached hydrogens (tertiary/aromatic N) is 3. The number of thiazole rings is 1. The predicted octanol–water partition coefficient (Wildman–Crippen LogP) is 5.43. The zero-order chi connectivity index (χ0) is 20.8. The molecule has 1 unspecified atom stereocenters. The third kappa shape index (κ3) is 3.30. The monoisotopic (exact) mass is 482 g/mol. The molecule has 30 heavy (non-hydrogen) atoms. The van der Waals surface area contributed by atoms with Crippen molar-refractivity contribution < 1.29 is 9.53 Å². The van der Waals surface area contributed by atoms with Gasteiger partial charge in [0.15, 0.2) is 0 Å². The zero-order valence-electron chi connectivity index (χ0n) is 16.5. The van der Waals surface area contributed by atoms with Gasteiger partial charge in [-0.1, -0.05) is 39.4 Å². The fraction of sp³-hybridized carbons (Fsp3) is 0.227. The molecule has 152 valence electrons. The molecule has 0 saturated carbocycles. The average Bonchev–Trinajstić information content (AvgIpc) is 3.28. The number of aryl methyl sites for hydroxylation is 1. The number of hydrogen-bond donors (Lipinski definition) is 1.